The van der Waals surface area contributed by atoms with Gasteiger partial charge in [-0.3, -0.25) is 9.59 Å². The maximum atomic E-state index is 12.0. The van der Waals surface area contributed by atoms with Gasteiger partial charge in [-0.1, -0.05) is 64.2 Å². The highest BCUT2D eigenvalue weighted by Crippen LogP contribution is 2.13. The fourth-order valence-corrected chi connectivity index (χ4v) is 3.22. The van der Waals surface area contributed by atoms with E-state index in [0.717, 1.165) is 38.5 Å². The van der Waals surface area contributed by atoms with Gasteiger partial charge in [0.25, 0.3) is 0 Å². The highest BCUT2D eigenvalue weighted by molar-refractivity contribution is 5.84. The number of carboxylic acid groups (broad SMARTS) is 1. The number of nitrogens with zero attached hydrogens (tertiary/aromatic N) is 2. The quantitative estimate of drug-likeness (QED) is 0.116. The van der Waals surface area contributed by atoms with Gasteiger partial charge in [0.05, 0.1) is 7.11 Å². The average molecular weight is 428 g/mol. The van der Waals surface area contributed by atoms with Crippen LogP contribution >= 0.6 is 0 Å². The zero-order valence-corrected chi connectivity index (χ0v) is 18.4. The van der Waals surface area contributed by atoms with Crippen molar-refractivity contribution in [2.45, 2.75) is 102 Å². The molecule has 0 spiro atoms. The van der Waals surface area contributed by atoms with E-state index in [9.17, 15) is 14.4 Å². The number of hydrogen-bond acceptors (Lipinski definition) is 6. The number of nitrogens with one attached hydrogen (secondary N) is 2. The number of unbranched alkanes of at least 4 members (excludes halogenated alkanes) is 11. The molecule has 172 valence electrons. The third kappa shape index (κ3) is 17.8. The summed E-state index contributed by atoms with van der Waals surface area (Å²) >= 11 is 0. The van der Waals surface area contributed by atoms with Gasteiger partial charge in [0, 0.05) is 19.3 Å². The molecule has 0 fully saturated rings. The van der Waals surface area contributed by atoms with Gasteiger partial charge in [0.2, 0.25) is 10.8 Å². The summed E-state index contributed by atoms with van der Waals surface area (Å²) < 4.78 is 4.68. The van der Waals surface area contributed by atoms with Crippen LogP contribution in [0.3, 0.4) is 0 Å². The standard InChI is InChI=1S/C21H38N4O5/c1-30-21(29)18(16-17-23-25-22)24-19(26)14-12-10-8-6-4-2-3-5-7-9-11-13-15-20(27)28/h18,22H,2-17H2,1H3,(H-,24,26,27,28)/p+1. The van der Waals surface area contributed by atoms with Crippen LogP contribution in [0.15, 0.2) is 5.11 Å². The summed E-state index contributed by atoms with van der Waals surface area (Å²) in [6.45, 7) is 0.189. The van der Waals surface area contributed by atoms with Crippen molar-refractivity contribution < 1.29 is 24.2 Å². The molecule has 0 aromatic carbocycles. The molecule has 1 atom stereocenters. The Kier molecular flexibility index (Phi) is 18.5. The number of rotatable bonds is 20. The van der Waals surface area contributed by atoms with E-state index in [-0.39, 0.29) is 25.3 Å². The first-order chi connectivity index (χ1) is 14.5. The number of carbonyl (C=O) groups excluding carboxylic acids is 2. The van der Waals surface area contributed by atoms with Crippen LogP contribution < -0.4 is 10.2 Å². The molecule has 0 aliphatic rings. The molecule has 30 heavy (non-hydrogen) atoms. The monoisotopic (exact) mass is 427 g/mol. The predicted molar refractivity (Wildman–Crippen MR) is 113 cm³/mol. The van der Waals surface area contributed by atoms with Crippen LogP contribution in [0.1, 0.15) is 96.3 Å². The van der Waals surface area contributed by atoms with Gasteiger partial charge in [-0.25, -0.2) is 4.79 Å². The van der Waals surface area contributed by atoms with Crippen LogP contribution in [0.25, 0.3) is 0 Å². The van der Waals surface area contributed by atoms with E-state index in [4.69, 9.17) is 10.6 Å². The van der Waals surface area contributed by atoms with Crippen molar-refractivity contribution in [3.8, 4) is 0 Å². The van der Waals surface area contributed by atoms with E-state index >= 15 is 0 Å². The molecule has 1 amide bonds. The highest BCUT2D eigenvalue weighted by Gasteiger charge is 2.21. The maximum absolute atomic E-state index is 12.0. The molecule has 0 aromatic rings. The van der Waals surface area contributed by atoms with Gasteiger partial charge >= 0.3 is 11.9 Å². The first kappa shape index (κ1) is 27.7. The Bertz CT molecular complexity index is 535. The molecular formula is C21H39N4O5+. The topological polar surface area (TPSA) is 143 Å². The van der Waals surface area contributed by atoms with Gasteiger partial charge in [-0.15, -0.1) is 0 Å². The summed E-state index contributed by atoms with van der Waals surface area (Å²) in [6.07, 6.45) is 14.0. The summed E-state index contributed by atoms with van der Waals surface area (Å²) in [5.41, 5.74) is 6.62. The molecule has 0 radical (unpaired) electrons. The van der Waals surface area contributed by atoms with Crippen molar-refractivity contribution in [1.29, 1.82) is 5.53 Å². The lowest BCUT2D eigenvalue weighted by molar-refractivity contribution is -0.145. The van der Waals surface area contributed by atoms with Crippen molar-refractivity contribution in [2.75, 3.05) is 13.7 Å². The molecule has 9 nitrogen and oxygen atoms in total. The first-order valence-corrected chi connectivity index (χ1v) is 11.1. The van der Waals surface area contributed by atoms with Crippen molar-refractivity contribution in [1.82, 2.24) is 10.2 Å². The fraction of sp³-hybridized carbons (Fsp3) is 0.857. The molecule has 0 saturated carbocycles. The van der Waals surface area contributed by atoms with Crippen molar-refractivity contribution in [2.24, 2.45) is 5.11 Å². The number of carboxylic acids is 1. The van der Waals surface area contributed by atoms with Gasteiger partial charge in [-0.2, -0.15) is 0 Å². The minimum Gasteiger partial charge on any atom is -0.481 e. The van der Waals surface area contributed by atoms with E-state index in [1.54, 1.807) is 0 Å². The van der Waals surface area contributed by atoms with Crippen molar-refractivity contribution >= 4 is 17.8 Å². The first-order valence-electron chi connectivity index (χ1n) is 11.1. The summed E-state index contributed by atoms with van der Waals surface area (Å²) in [6, 6.07) is -0.745. The number of carbonyl (C=O) groups is 3. The smallest absolute Gasteiger partial charge is 0.328 e. The molecule has 0 aromatic heterocycles. The number of hydrogen-bond donors (Lipinski definition) is 3. The summed E-state index contributed by atoms with van der Waals surface area (Å²) in [5, 5.41) is 14.7. The van der Waals surface area contributed by atoms with Crippen LogP contribution in [0.5, 0.6) is 0 Å². The number of aliphatic carboxylic acids is 1. The third-order valence-electron chi connectivity index (χ3n) is 4.95. The van der Waals surface area contributed by atoms with Crippen molar-refractivity contribution in [3.05, 3.63) is 0 Å². The largest absolute Gasteiger partial charge is 0.481 e. The molecule has 0 bridgehead atoms. The number of amides is 1. The Balaban J connectivity index is 3.57. The Morgan fingerprint density at radius 2 is 1.37 bits per heavy atom. The van der Waals surface area contributed by atoms with Gasteiger partial charge < -0.3 is 15.2 Å². The Labute approximate surface area is 179 Å². The number of esters is 1. The van der Waals surface area contributed by atoms with E-state index in [1.165, 1.54) is 45.6 Å². The molecule has 0 aliphatic carbocycles. The molecule has 9 heteroatoms. The Morgan fingerprint density at radius 1 is 0.900 bits per heavy atom. The average Bonchev–Trinajstić information content (AvgIpc) is 2.72. The molecule has 3 N–H and O–H groups in total. The second-order valence-corrected chi connectivity index (χ2v) is 7.53. The van der Waals surface area contributed by atoms with E-state index < -0.39 is 18.0 Å². The molecule has 0 saturated heterocycles. The summed E-state index contributed by atoms with van der Waals surface area (Å²) in [4.78, 5) is 37.0. The molecule has 0 heterocycles. The lowest BCUT2D eigenvalue weighted by Crippen LogP contribution is -2.41. The van der Waals surface area contributed by atoms with Crippen LogP contribution in [0.2, 0.25) is 0 Å². The van der Waals surface area contributed by atoms with Crippen LogP contribution in [-0.4, -0.2) is 42.6 Å². The number of ether oxygens (including phenoxy) is 1. The molecule has 1 unspecified atom stereocenters. The van der Waals surface area contributed by atoms with Crippen LogP contribution in [0.4, 0.5) is 0 Å². The SMILES string of the molecule is COC(=O)C(CCN=[N+]=N)NC(=O)CCCCCCCCCCCCCCC(=O)O. The predicted octanol–water partition coefficient (Wildman–Crippen LogP) is 4.13. The van der Waals surface area contributed by atoms with Gasteiger partial charge in [0.1, 0.15) is 23.2 Å². The molecular weight excluding hydrogens is 388 g/mol. The molecule has 0 aliphatic heterocycles. The maximum Gasteiger partial charge on any atom is 0.328 e. The Morgan fingerprint density at radius 3 is 1.80 bits per heavy atom. The third-order valence-corrected chi connectivity index (χ3v) is 4.95. The van der Waals surface area contributed by atoms with E-state index in [2.05, 4.69) is 20.1 Å². The van der Waals surface area contributed by atoms with Gasteiger partial charge in [0.15, 0.2) is 0 Å². The van der Waals surface area contributed by atoms with E-state index in [1.807, 2.05) is 0 Å². The second kappa shape index (κ2) is 20.0. The zero-order chi connectivity index (χ0) is 22.5. The van der Waals surface area contributed by atoms with Crippen LogP contribution in [0, 0.1) is 5.53 Å². The van der Waals surface area contributed by atoms with E-state index in [0.29, 0.717) is 6.42 Å². The number of methoxy groups -OCH3 is 1. The molecule has 0 rings (SSSR count). The van der Waals surface area contributed by atoms with Crippen molar-refractivity contribution in [3.63, 3.8) is 0 Å². The van der Waals surface area contributed by atoms with Gasteiger partial charge in [-0.05, 0) is 12.8 Å². The lowest BCUT2D eigenvalue weighted by Gasteiger charge is -2.14. The highest BCUT2D eigenvalue weighted by atomic mass is 16.5. The minimum atomic E-state index is -0.745. The summed E-state index contributed by atoms with van der Waals surface area (Å²) in [5.74, 6) is -1.38. The fourth-order valence-electron chi connectivity index (χ4n) is 3.22. The minimum absolute atomic E-state index is 0.170. The lowest BCUT2D eigenvalue weighted by atomic mass is 10.0. The normalized spacial score (nSPS) is 11.4. The van der Waals surface area contributed by atoms with Crippen LogP contribution in [-0.2, 0) is 19.1 Å². The summed E-state index contributed by atoms with van der Waals surface area (Å²) in [7, 11) is 1.27. The second-order valence-electron chi connectivity index (χ2n) is 7.53. The Hall–Kier alpha value is -2.28. The zero-order valence-electron chi connectivity index (χ0n) is 18.4.